The molecule has 0 bridgehead atoms. The maximum absolute atomic E-state index is 13.4. The molecule has 0 unspecified atom stereocenters. The van der Waals surface area contributed by atoms with E-state index < -0.39 is 5.79 Å². The molecular weight excluding hydrogens is 316 g/mol. The van der Waals surface area contributed by atoms with Crippen LogP contribution in [0.25, 0.3) is 0 Å². The fourth-order valence-corrected chi connectivity index (χ4v) is 7.26. The third kappa shape index (κ3) is 1.90. The minimum absolute atomic E-state index is 0.0789. The minimum atomic E-state index is -0.530. The lowest BCUT2D eigenvalue weighted by Gasteiger charge is -2.57. The molecule has 0 radical (unpaired) electrons. The number of carbonyl (C=O) groups is 2. The molecule has 1 heterocycles. The van der Waals surface area contributed by atoms with E-state index in [4.69, 9.17) is 9.47 Å². The van der Waals surface area contributed by atoms with Crippen molar-refractivity contribution in [3.8, 4) is 0 Å². The molecule has 1 aliphatic heterocycles. The molecule has 1 spiro atoms. The Morgan fingerprint density at radius 1 is 1.04 bits per heavy atom. The smallest absolute Gasteiger partial charge is 0.174 e. The highest BCUT2D eigenvalue weighted by Crippen LogP contribution is 2.67. The van der Waals surface area contributed by atoms with Gasteiger partial charge in [-0.2, -0.15) is 0 Å². The molecule has 0 aromatic carbocycles. The van der Waals surface area contributed by atoms with Crippen LogP contribution in [0.2, 0.25) is 0 Å². The van der Waals surface area contributed by atoms with Gasteiger partial charge in [0.2, 0.25) is 0 Å². The Bertz CT molecular complexity index is 673. The van der Waals surface area contributed by atoms with Gasteiger partial charge in [-0.1, -0.05) is 19.4 Å². The van der Waals surface area contributed by atoms with Crippen LogP contribution < -0.4 is 0 Å². The van der Waals surface area contributed by atoms with Crippen molar-refractivity contribution < 1.29 is 19.1 Å². The average molecular weight is 344 g/mol. The Hall–Kier alpha value is -1.00. The van der Waals surface area contributed by atoms with Gasteiger partial charge in [0.1, 0.15) is 5.78 Å². The topological polar surface area (TPSA) is 52.6 Å². The molecule has 0 amide bonds. The summed E-state index contributed by atoms with van der Waals surface area (Å²) in [5, 5.41) is 0. The molecule has 4 aliphatic carbocycles. The number of carbonyl (C=O) groups excluding carboxylic acids is 2. The normalized spacial score (nSPS) is 48.1. The van der Waals surface area contributed by atoms with Crippen molar-refractivity contribution in [2.75, 3.05) is 13.2 Å². The van der Waals surface area contributed by atoms with E-state index >= 15 is 0 Å². The summed E-state index contributed by atoms with van der Waals surface area (Å²) < 4.78 is 12.2. The predicted molar refractivity (Wildman–Crippen MR) is 91.7 cm³/mol. The van der Waals surface area contributed by atoms with Crippen LogP contribution in [-0.2, 0) is 19.1 Å². The number of allylic oxidation sites excluding steroid dienone is 1. The summed E-state index contributed by atoms with van der Waals surface area (Å²) in [4.78, 5) is 25.3. The van der Waals surface area contributed by atoms with Crippen LogP contribution in [-0.4, -0.2) is 30.6 Å². The van der Waals surface area contributed by atoms with Gasteiger partial charge in [-0.15, -0.1) is 0 Å². The number of hydrogen-bond acceptors (Lipinski definition) is 4. The molecule has 5 rings (SSSR count). The Labute approximate surface area is 149 Å². The highest BCUT2D eigenvalue weighted by atomic mass is 16.7. The van der Waals surface area contributed by atoms with E-state index in [9.17, 15) is 9.59 Å². The highest BCUT2D eigenvalue weighted by molar-refractivity contribution is 5.93. The first-order valence-corrected chi connectivity index (χ1v) is 9.94. The Morgan fingerprint density at radius 2 is 1.80 bits per heavy atom. The van der Waals surface area contributed by atoms with Gasteiger partial charge in [0.05, 0.1) is 13.2 Å². The van der Waals surface area contributed by atoms with Gasteiger partial charge in [-0.05, 0) is 49.0 Å². The zero-order valence-corrected chi connectivity index (χ0v) is 15.3. The summed E-state index contributed by atoms with van der Waals surface area (Å²) in [6.45, 7) is 5.78. The number of hydrogen-bond donors (Lipinski definition) is 0. The standard InChI is InChI=1S/C21H28O4/c1-19-7-5-14(22)11-13(19)3-4-15-16-6-8-21(24-9-10-25-21)20(16,2)12-17(23)18(15)19/h11,15-16,18H,3-10,12H2,1-2H3/t15-,16-,18+,19+,20+/m1/s1. The summed E-state index contributed by atoms with van der Waals surface area (Å²) in [7, 11) is 0. The fraction of sp³-hybridized carbons (Fsp3) is 0.810. The second kappa shape index (κ2) is 5.04. The van der Waals surface area contributed by atoms with Crippen molar-refractivity contribution in [2.24, 2.45) is 28.6 Å². The number of rotatable bonds is 0. The molecule has 0 N–H and O–H groups in total. The van der Waals surface area contributed by atoms with E-state index in [0.29, 0.717) is 43.7 Å². The molecule has 4 fully saturated rings. The summed E-state index contributed by atoms with van der Waals surface area (Å²) in [6.07, 6.45) is 7.87. The van der Waals surface area contributed by atoms with Gasteiger partial charge in [0.15, 0.2) is 11.6 Å². The molecular formula is C21H28O4. The number of ether oxygens (including phenoxy) is 2. The predicted octanol–water partition coefficient (Wildman–Crippen LogP) is 3.44. The first-order valence-electron chi connectivity index (χ1n) is 9.94. The van der Waals surface area contributed by atoms with E-state index in [1.165, 1.54) is 5.57 Å². The largest absolute Gasteiger partial charge is 0.347 e. The first-order chi connectivity index (χ1) is 11.9. The first kappa shape index (κ1) is 16.2. The molecule has 3 saturated carbocycles. The second-order valence-corrected chi connectivity index (χ2v) is 9.39. The molecule has 0 aromatic rings. The van der Waals surface area contributed by atoms with E-state index in [1.54, 1.807) is 0 Å². The lowest BCUT2D eigenvalue weighted by Crippen LogP contribution is -2.58. The number of ketones is 2. The van der Waals surface area contributed by atoms with Crippen LogP contribution in [0.15, 0.2) is 11.6 Å². The van der Waals surface area contributed by atoms with Crippen molar-refractivity contribution in [3.63, 3.8) is 0 Å². The lowest BCUT2D eigenvalue weighted by atomic mass is 9.46. The van der Waals surface area contributed by atoms with Gasteiger partial charge in [0.25, 0.3) is 0 Å². The van der Waals surface area contributed by atoms with Gasteiger partial charge < -0.3 is 9.47 Å². The maximum Gasteiger partial charge on any atom is 0.174 e. The van der Waals surface area contributed by atoms with Crippen LogP contribution in [0.4, 0.5) is 0 Å². The van der Waals surface area contributed by atoms with Crippen molar-refractivity contribution in [2.45, 2.75) is 64.6 Å². The van der Waals surface area contributed by atoms with Crippen LogP contribution in [0, 0.1) is 28.6 Å². The van der Waals surface area contributed by atoms with E-state index in [-0.39, 0.29) is 22.5 Å². The molecule has 4 heteroatoms. The van der Waals surface area contributed by atoms with Gasteiger partial charge in [0, 0.05) is 30.6 Å². The fourth-order valence-electron chi connectivity index (χ4n) is 7.26. The minimum Gasteiger partial charge on any atom is -0.347 e. The van der Waals surface area contributed by atoms with E-state index in [0.717, 1.165) is 32.1 Å². The maximum atomic E-state index is 13.4. The Kier molecular flexibility index (Phi) is 3.26. The Balaban J connectivity index is 1.55. The van der Waals surface area contributed by atoms with Crippen molar-refractivity contribution in [1.29, 1.82) is 0 Å². The van der Waals surface area contributed by atoms with E-state index in [1.807, 2.05) is 6.08 Å². The zero-order chi connectivity index (χ0) is 17.4. The van der Waals surface area contributed by atoms with Crippen molar-refractivity contribution in [3.05, 3.63) is 11.6 Å². The highest BCUT2D eigenvalue weighted by Gasteiger charge is 2.69. The molecule has 5 aliphatic rings. The van der Waals surface area contributed by atoms with Crippen LogP contribution >= 0.6 is 0 Å². The molecule has 5 atom stereocenters. The van der Waals surface area contributed by atoms with Crippen LogP contribution in [0.3, 0.4) is 0 Å². The summed E-state index contributed by atoms with van der Waals surface area (Å²) in [6, 6.07) is 0. The zero-order valence-electron chi connectivity index (χ0n) is 15.3. The van der Waals surface area contributed by atoms with Crippen LogP contribution in [0.1, 0.15) is 58.8 Å². The van der Waals surface area contributed by atoms with E-state index in [2.05, 4.69) is 13.8 Å². The molecule has 0 aromatic heterocycles. The number of Topliss-reactive ketones (excluding diaryl/α,β-unsaturated/α-hetero) is 1. The monoisotopic (exact) mass is 344 g/mol. The number of fused-ring (bicyclic) bond motifs is 6. The quantitative estimate of drug-likeness (QED) is 0.675. The Morgan fingerprint density at radius 3 is 2.56 bits per heavy atom. The summed E-state index contributed by atoms with van der Waals surface area (Å²) in [5.74, 6) is 1.07. The van der Waals surface area contributed by atoms with Crippen molar-refractivity contribution in [1.82, 2.24) is 0 Å². The molecule has 136 valence electrons. The SMILES string of the molecule is C[C@]12CCC(=O)C=C1CC[C@H]1[C@H]2C(=O)C[C@@]2(C)[C@@H]1CCC21OCCO1. The molecule has 25 heavy (non-hydrogen) atoms. The third-order valence-corrected chi connectivity index (χ3v) is 8.45. The van der Waals surface area contributed by atoms with Gasteiger partial charge >= 0.3 is 0 Å². The van der Waals surface area contributed by atoms with Gasteiger partial charge in [-0.25, -0.2) is 0 Å². The lowest BCUT2D eigenvalue weighted by molar-refractivity contribution is -0.239. The summed E-state index contributed by atoms with van der Waals surface area (Å²) in [5.41, 5.74) is 0.940. The second-order valence-electron chi connectivity index (χ2n) is 9.39. The summed E-state index contributed by atoms with van der Waals surface area (Å²) >= 11 is 0. The van der Waals surface area contributed by atoms with Crippen molar-refractivity contribution >= 4 is 11.6 Å². The average Bonchev–Trinajstić information content (AvgIpc) is 3.15. The molecule has 1 saturated heterocycles. The van der Waals surface area contributed by atoms with Gasteiger partial charge in [-0.3, -0.25) is 9.59 Å². The molecule has 4 nitrogen and oxygen atoms in total. The van der Waals surface area contributed by atoms with Crippen LogP contribution in [0.5, 0.6) is 0 Å². The third-order valence-electron chi connectivity index (χ3n) is 8.45.